The number of hydrogen-bond donors (Lipinski definition) is 0. The standard InChI is InChI=1S/C59H37F6N3/c1-35-9-7-11-38(25-35)40-18-23-55-51(30-40)47-13-3-5-15-53(47)67(55)45-20-21-46(42-28-43(58(60,61)62)32-44(29-42)59(63,64)65)49(33-45)50-27-37(34-66)17-22-56(50)68-54-16-6-4-14-48(54)52-31-41(19-24-57(52)68)39-12-8-10-36(2)26-39/h3-33H,1-2H3. The Bertz CT molecular complexity index is 3850. The fourth-order valence-electron chi connectivity index (χ4n) is 9.76. The van der Waals surface area contributed by atoms with Crippen molar-refractivity contribution in [3.8, 4) is 62.0 Å². The molecule has 9 heteroatoms. The number of rotatable bonds is 6. The predicted octanol–water partition coefficient (Wildman–Crippen LogP) is 17.1. The van der Waals surface area contributed by atoms with E-state index < -0.39 is 23.5 Å². The molecule has 0 aliphatic carbocycles. The molecular formula is C59H37F6N3. The van der Waals surface area contributed by atoms with Crippen molar-refractivity contribution in [3.05, 3.63) is 216 Å². The van der Waals surface area contributed by atoms with E-state index in [1.54, 1.807) is 30.3 Å². The molecule has 0 aliphatic heterocycles. The number of para-hydroxylation sites is 2. The molecule has 0 fully saturated rings. The zero-order valence-corrected chi connectivity index (χ0v) is 36.5. The van der Waals surface area contributed by atoms with Gasteiger partial charge in [-0.15, -0.1) is 0 Å². The van der Waals surface area contributed by atoms with Crippen LogP contribution in [0.15, 0.2) is 188 Å². The lowest BCUT2D eigenvalue weighted by molar-refractivity contribution is -0.143. The van der Waals surface area contributed by atoms with E-state index in [9.17, 15) is 31.6 Å². The van der Waals surface area contributed by atoms with Crippen LogP contribution in [-0.4, -0.2) is 9.13 Å². The summed E-state index contributed by atoms with van der Waals surface area (Å²) >= 11 is 0. The van der Waals surface area contributed by atoms with Crippen molar-refractivity contribution in [2.75, 3.05) is 0 Å². The molecule has 0 radical (unpaired) electrons. The number of alkyl halides is 6. The van der Waals surface area contributed by atoms with E-state index in [1.807, 2.05) is 117 Å². The van der Waals surface area contributed by atoms with Crippen LogP contribution in [-0.2, 0) is 12.4 Å². The van der Waals surface area contributed by atoms with Crippen LogP contribution in [0, 0.1) is 25.2 Å². The molecule has 2 heterocycles. The monoisotopic (exact) mass is 901 g/mol. The van der Waals surface area contributed by atoms with Crippen LogP contribution in [0.3, 0.4) is 0 Å². The Labute approximate surface area is 387 Å². The number of aromatic nitrogens is 2. The van der Waals surface area contributed by atoms with Gasteiger partial charge in [0.15, 0.2) is 0 Å². The van der Waals surface area contributed by atoms with Crippen LogP contribution in [0.25, 0.3) is 99.5 Å². The molecule has 0 atom stereocenters. The third kappa shape index (κ3) is 7.26. The second-order valence-electron chi connectivity index (χ2n) is 17.3. The molecular weight excluding hydrogens is 865 g/mol. The molecule has 0 saturated heterocycles. The van der Waals surface area contributed by atoms with E-state index in [4.69, 9.17) is 0 Å². The normalized spacial score (nSPS) is 12.1. The molecule has 2 aromatic heterocycles. The molecule has 0 N–H and O–H groups in total. The van der Waals surface area contributed by atoms with E-state index in [2.05, 4.69) is 51.6 Å². The second-order valence-corrected chi connectivity index (χ2v) is 17.3. The first kappa shape index (κ1) is 42.3. The average molecular weight is 902 g/mol. The summed E-state index contributed by atoms with van der Waals surface area (Å²) in [6, 6.07) is 58.8. The summed E-state index contributed by atoms with van der Waals surface area (Å²) in [5, 5.41) is 14.2. The molecule has 0 spiro atoms. The van der Waals surface area contributed by atoms with Crippen molar-refractivity contribution in [2.24, 2.45) is 0 Å². The zero-order valence-electron chi connectivity index (χ0n) is 36.5. The zero-order chi connectivity index (χ0) is 47.1. The Morgan fingerprint density at radius 2 is 0.897 bits per heavy atom. The Balaban J connectivity index is 1.22. The van der Waals surface area contributed by atoms with E-state index in [-0.39, 0.29) is 22.8 Å². The van der Waals surface area contributed by atoms with Gasteiger partial charge >= 0.3 is 12.4 Å². The van der Waals surface area contributed by atoms with Crippen LogP contribution in [0.2, 0.25) is 0 Å². The molecule has 11 rings (SSSR count). The summed E-state index contributed by atoms with van der Waals surface area (Å²) in [4.78, 5) is 0. The molecule has 3 nitrogen and oxygen atoms in total. The van der Waals surface area contributed by atoms with Gasteiger partial charge in [0.05, 0.1) is 50.5 Å². The van der Waals surface area contributed by atoms with Gasteiger partial charge in [0.25, 0.3) is 0 Å². The van der Waals surface area contributed by atoms with Gasteiger partial charge in [-0.05, 0) is 138 Å². The highest BCUT2D eigenvalue weighted by molar-refractivity contribution is 6.12. The SMILES string of the molecule is Cc1cccc(-c2ccc3c(c2)c2ccccc2n3-c2ccc(-c3cc(C(F)(F)F)cc(C(F)(F)F)c3)c(-c3cc(C#N)ccc3-n3c4ccccc4c4cc(-c5cccc(C)c5)ccc43)c2)c1. The summed E-state index contributed by atoms with van der Waals surface area (Å²) in [5.74, 6) is 0. The smallest absolute Gasteiger partial charge is 0.309 e. The van der Waals surface area contributed by atoms with Gasteiger partial charge < -0.3 is 9.13 Å². The van der Waals surface area contributed by atoms with Crippen molar-refractivity contribution >= 4 is 43.6 Å². The van der Waals surface area contributed by atoms with Crippen LogP contribution < -0.4 is 0 Å². The number of hydrogen-bond acceptors (Lipinski definition) is 1. The number of fused-ring (bicyclic) bond motifs is 6. The van der Waals surface area contributed by atoms with Crippen LogP contribution in [0.4, 0.5) is 26.3 Å². The van der Waals surface area contributed by atoms with Crippen LogP contribution >= 0.6 is 0 Å². The highest BCUT2D eigenvalue weighted by Crippen LogP contribution is 2.46. The van der Waals surface area contributed by atoms with Gasteiger partial charge in [-0.1, -0.05) is 114 Å². The minimum absolute atomic E-state index is 0.117. The van der Waals surface area contributed by atoms with Gasteiger partial charge in [-0.25, -0.2) is 0 Å². The van der Waals surface area contributed by atoms with Crippen molar-refractivity contribution in [1.82, 2.24) is 9.13 Å². The van der Waals surface area contributed by atoms with Gasteiger partial charge in [-0.2, -0.15) is 31.6 Å². The summed E-state index contributed by atoms with van der Waals surface area (Å²) in [5.41, 5.74) is 8.84. The maximum Gasteiger partial charge on any atom is 0.416 e. The van der Waals surface area contributed by atoms with Crippen LogP contribution in [0.5, 0.6) is 0 Å². The Hall–Kier alpha value is -8.35. The number of nitriles is 1. The van der Waals surface area contributed by atoms with Gasteiger partial charge in [0, 0.05) is 32.8 Å². The topological polar surface area (TPSA) is 33.6 Å². The van der Waals surface area contributed by atoms with Crippen molar-refractivity contribution < 1.29 is 26.3 Å². The average Bonchev–Trinajstić information content (AvgIpc) is 3.85. The van der Waals surface area contributed by atoms with Gasteiger partial charge in [-0.3, -0.25) is 0 Å². The summed E-state index contributed by atoms with van der Waals surface area (Å²) < 4.78 is 91.5. The minimum Gasteiger partial charge on any atom is -0.309 e. The van der Waals surface area contributed by atoms with E-state index >= 15 is 0 Å². The van der Waals surface area contributed by atoms with E-state index in [0.717, 1.165) is 89.1 Å². The van der Waals surface area contributed by atoms with Crippen LogP contribution in [0.1, 0.15) is 27.8 Å². The Kier molecular flexibility index (Phi) is 9.90. The van der Waals surface area contributed by atoms with E-state index in [0.29, 0.717) is 22.5 Å². The highest BCUT2D eigenvalue weighted by Gasteiger charge is 2.37. The maximum absolute atomic E-state index is 14.6. The predicted molar refractivity (Wildman–Crippen MR) is 261 cm³/mol. The first-order valence-corrected chi connectivity index (χ1v) is 21.9. The lowest BCUT2D eigenvalue weighted by atomic mass is 9.90. The molecule has 0 aliphatic rings. The van der Waals surface area contributed by atoms with Gasteiger partial charge in [0.2, 0.25) is 0 Å². The van der Waals surface area contributed by atoms with Crippen molar-refractivity contribution in [1.29, 1.82) is 5.26 Å². The number of halogens is 6. The summed E-state index contributed by atoms with van der Waals surface area (Å²) in [7, 11) is 0. The van der Waals surface area contributed by atoms with Crippen molar-refractivity contribution in [3.63, 3.8) is 0 Å². The minimum atomic E-state index is -5.08. The molecule has 330 valence electrons. The Morgan fingerprint density at radius 1 is 0.382 bits per heavy atom. The first-order chi connectivity index (χ1) is 32.7. The lowest BCUT2D eigenvalue weighted by Gasteiger charge is -2.21. The number of aryl methyl sites for hydroxylation is 2. The molecule has 0 amide bonds. The number of benzene rings is 9. The van der Waals surface area contributed by atoms with Gasteiger partial charge in [0.1, 0.15) is 0 Å². The molecule has 11 aromatic rings. The fraction of sp³-hybridized carbons (Fsp3) is 0.0678. The molecule has 0 bridgehead atoms. The third-order valence-electron chi connectivity index (χ3n) is 12.9. The first-order valence-electron chi connectivity index (χ1n) is 21.9. The van der Waals surface area contributed by atoms with E-state index in [1.165, 1.54) is 0 Å². The molecule has 9 aromatic carbocycles. The summed E-state index contributed by atoms with van der Waals surface area (Å²) in [6.45, 7) is 4.08. The molecule has 0 unspecified atom stereocenters. The Morgan fingerprint density at radius 3 is 1.44 bits per heavy atom. The largest absolute Gasteiger partial charge is 0.416 e. The fourth-order valence-corrected chi connectivity index (χ4v) is 9.76. The molecule has 68 heavy (non-hydrogen) atoms. The lowest BCUT2D eigenvalue weighted by Crippen LogP contribution is -2.11. The number of nitrogens with zero attached hydrogens (tertiary/aromatic N) is 3. The van der Waals surface area contributed by atoms with Crippen molar-refractivity contribution in [2.45, 2.75) is 26.2 Å². The quantitative estimate of drug-likeness (QED) is 0.153. The summed E-state index contributed by atoms with van der Waals surface area (Å²) in [6.07, 6.45) is -10.2. The second kappa shape index (κ2) is 15.9. The molecule has 0 saturated carbocycles. The maximum atomic E-state index is 14.6. The highest BCUT2D eigenvalue weighted by atomic mass is 19.4. The third-order valence-corrected chi connectivity index (χ3v) is 12.9.